The molecule has 0 bridgehead atoms. The Labute approximate surface area is 95.7 Å². The van der Waals surface area contributed by atoms with Crippen LogP contribution in [0, 0.1) is 6.92 Å². The molecule has 0 aliphatic carbocycles. The summed E-state index contributed by atoms with van der Waals surface area (Å²) < 4.78 is 0. The summed E-state index contributed by atoms with van der Waals surface area (Å²) in [5.74, 6) is 0.111. The molecule has 1 atom stereocenters. The molecule has 3 nitrogen and oxygen atoms in total. The minimum absolute atomic E-state index is 0.111. The Morgan fingerprint density at radius 3 is 2.69 bits per heavy atom. The number of rotatable bonds is 2. The summed E-state index contributed by atoms with van der Waals surface area (Å²) in [6, 6.07) is 8.00. The Balaban J connectivity index is 1.94. The zero-order valence-electron chi connectivity index (χ0n) is 9.52. The summed E-state index contributed by atoms with van der Waals surface area (Å²) in [5.41, 5.74) is 2.24. The first-order valence-electron chi connectivity index (χ1n) is 5.66. The predicted molar refractivity (Wildman–Crippen MR) is 62.1 cm³/mol. The lowest BCUT2D eigenvalue weighted by molar-refractivity contribution is -0.129. The average molecular weight is 219 g/mol. The number of likely N-dealkylation sites (tertiary alicyclic amines) is 1. The van der Waals surface area contributed by atoms with Gasteiger partial charge in [0.25, 0.3) is 0 Å². The van der Waals surface area contributed by atoms with E-state index >= 15 is 0 Å². The molecule has 1 aromatic carbocycles. The molecular weight excluding hydrogens is 202 g/mol. The number of aliphatic hydroxyl groups excluding tert-OH is 1. The maximum atomic E-state index is 11.9. The fourth-order valence-electron chi connectivity index (χ4n) is 1.96. The first kappa shape index (κ1) is 11.1. The third kappa shape index (κ3) is 2.61. The topological polar surface area (TPSA) is 40.5 Å². The van der Waals surface area contributed by atoms with E-state index in [1.54, 1.807) is 4.90 Å². The van der Waals surface area contributed by atoms with E-state index < -0.39 is 0 Å². The molecule has 0 radical (unpaired) electrons. The standard InChI is InChI=1S/C13H17NO2/c1-10-2-4-11(5-3-10)8-13(16)14-7-6-12(15)9-14/h2-5,12,15H,6-9H2,1H3. The van der Waals surface area contributed by atoms with Gasteiger partial charge in [-0.05, 0) is 18.9 Å². The smallest absolute Gasteiger partial charge is 0.227 e. The monoisotopic (exact) mass is 219 g/mol. The maximum absolute atomic E-state index is 11.9. The first-order valence-corrected chi connectivity index (χ1v) is 5.66. The van der Waals surface area contributed by atoms with E-state index in [4.69, 9.17) is 0 Å². The fraction of sp³-hybridized carbons (Fsp3) is 0.462. The number of nitrogens with zero attached hydrogens (tertiary/aromatic N) is 1. The van der Waals surface area contributed by atoms with Gasteiger partial charge in [0.1, 0.15) is 0 Å². The summed E-state index contributed by atoms with van der Waals surface area (Å²) >= 11 is 0. The van der Waals surface area contributed by atoms with Crippen molar-refractivity contribution in [1.82, 2.24) is 4.90 Å². The van der Waals surface area contributed by atoms with Crippen LogP contribution in [0.15, 0.2) is 24.3 Å². The van der Waals surface area contributed by atoms with Crippen LogP contribution in [-0.2, 0) is 11.2 Å². The van der Waals surface area contributed by atoms with Crippen LogP contribution in [0.2, 0.25) is 0 Å². The number of benzene rings is 1. The van der Waals surface area contributed by atoms with E-state index in [0.29, 0.717) is 25.9 Å². The number of carbonyl (C=O) groups excluding carboxylic acids is 1. The van der Waals surface area contributed by atoms with E-state index in [9.17, 15) is 9.90 Å². The number of hydrogen-bond acceptors (Lipinski definition) is 2. The van der Waals surface area contributed by atoms with Crippen molar-refractivity contribution in [2.45, 2.75) is 25.9 Å². The van der Waals surface area contributed by atoms with E-state index in [-0.39, 0.29) is 12.0 Å². The molecule has 1 aliphatic rings. The molecule has 86 valence electrons. The van der Waals surface area contributed by atoms with E-state index in [0.717, 1.165) is 5.56 Å². The Bertz CT molecular complexity index is 372. The molecule has 1 aliphatic heterocycles. The summed E-state index contributed by atoms with van der Waals surface area (Å²) in [4.78, 5) is 13.6. The Kier molecular flexibility index (Phi) is 3.25. The van der Waals surface area contributed by atoms with Gasteiger partial charge in [-0.15, -0.1) is 0 Å². The van der Waals surface area contributed by atoms with Crippen LogP contribution in [0.5, 0.6) is 0 Å². The summed E-state index contributed by atoms with van der Waals surface area (Å²) in [5, 5.41) is 9.36. The van der Waals surface area contributed by atoms with Crippen LogP contribution in [0.3, 0.4) is 0 Å². The van der Waals surface area contributed by atoms with Crippen LogP contribution >= 0.6 is 0 Å². The van der Waals surface area contributed by atoms with Gasteiger partial charge in [0.15, 0.2) is 0 Å². The highest BCUT2D eigenvalue weighted by Crippen LogP contribution is 2.12. The van der Waals surface area contributed by atoms with Crippen LogP contribution in [-0.4, -0.2) is 35.1 Å². The quantitative estimate of drug-likeness (QED) is 0.810. The largest absolute Gasteiger partial charge is 0.391 e. The van der Waals surface area contributed by atoms with Crippen molar-refractivity contribution in [2.75, 3.05) is 13.1 Å². The normalized spacial score (nSPS) is 20.1. The van der Waals surface area contributed by atoms with Crippen molar-refractivity contribution in [3.8, 4) is 0 Å². The second-order valence-corrected chi connectivity index (χ2v) is 4.44. The van der Waals surface area contributed by atoms with Crippen molar-refractivity contribution in [2.24, 2.45) is 0 Å². The average Bonchev–Trinajstić information content (AvgIpc) is 2.68. The Morgan fingerprint density at radius 2 is 2.12 bits per heavy atom. The van der Waals surface area contributed by atoms with Gasteiger partial charge in [-0.1, -0.05) is 29.8 Å². The van der Waals surface area contributed by atoms with Crippen molar-refractivity contribution >= 4 is 5.91 Å². The number of carbonyl (C=O) groups is 1. The second-order valence-electron chi connectivity index (χ2n) is 4.44. The molecule has 0 saturated carbocycles. The van der Waals surface area contributed by atoms with Gasteiger partial charge >= 0.3 is 0 Å². The van der Waals surface area contributed by atoms with Gasteiger partial charge in [0.05, 0.1) is 12.5 Å². The highest BCUT2D eigenvalue weighted by Gasteiger charge is 2.24. The maximum Gasteiger partial charge on any atom is 0.227 e. The fourth-order valence-corrected chi connectivity index (χ4v) is 1.96. The molecule has 16 heavy (non-hydrogen) atoms. The van der Waals surface area contributed by atoms with Crippen molar-refractivity contribution in [1.29, 1.82) is 0 Å². The van der Waals surface area contributed by atoms with Gasteiger partial charge in [0, 0.05) is 13.1 Å². The van der Waals surface area contributed by atoms with Crippen LogP contribution < -0.4 is 0 Å². The van der Waals surface area contributed by atoms with Gasteiger partial charge in [-0.25, -0.2) is 0 Å². The van der Waals surface area contributed by atoms with E-state index in [1.165, 1.54) is 5.56 Å². The minimum atomic E-state index is -0.332. The van der Waals surface area contributed by atoms with E-state index in [1.807, 2.05) is 31.2 Å². The lowest BCUT2D eigenvalue weighted by Gasteiger charge is -2.15. The lowest BCUT2D eigenvalue weighted by atomic mass is 10.1. The number of β-amino-alcohol motifs (C(OH)–C–C–N with tert-alkyl or cyclic N) is 1. The third-order valence-electron chi connectivity index (χ3n) is 2.99. The van der Waals surface area contributed by atoms with Crippen LogP contribution in [0.25, 0.3) is 0 Å². The summed E-state index contributed by atoms with van der Waals surface area (Å²) in [7, 11) is 0. The molecule has 1 fully saturated rings. The highest BCUT2D eigenvalue weighted by atomic mass is 16.3. The molecule has 0 aromatic heterocycles. The molecule has 1 saturated heterocycles. The molecule has 1 heterocycles. The van der Waals surface area contributed by atoms with Crippen LogP contribution in [0.1, 0.15) is 17.5 Å². The van der Waals surface area contributed by atoms with Crippen LogP contribution in [0.4, 0.5) is 0 Å². The van der Waals surface area contributed by atoms with E-state index in [2.05, 4.69) is 0 Å². The molecule has 1 aromatic rings. The van der Waals surface area contributed by atoms with Gasteiger partial charge in [0.2, 0.25) is 5.91 Å². The summed E-state index contributed by atoms with van der Waals surface area (Å²) in [6.45, 7) is 3.21. The number of amides is 1. The highest BCUT2D eigenvalue weighted by molar-refractivity contribution is 5.79. The first-order chi connectivity index (χ1) is 7.65. The van der Waals surface area contributed by atoms with Gasteiger partial charge < -0.3 is 10.0 Å². The number of aryl methyl sites for hydroxylation is 1. The second kappa shape index (κ2) is 4.66. The Hall–Kier alpha value is -1.35. The molecular formula is C13H17NO2. The lowest BCUT2D eigenvalue weighted by Crippen LogP contribution is -2.30. The molecule has 1 unspecified atom stereocenters. The zero-order chi connectivity index (χ0) is 11.5. The molecule has 1 amide bonds. The SMILES string of the molecule is Cc1ccc(CC(=O)N2CCC(O)C2)cc1. The molecule has 3 heteroatoms. The Morgan fingerprint density at radius 1 is 1.44 bits per heavy atom. The van der Waals surface area contributed by atoms with Crippen molar-refractivity contribution in [3.63, 3.8) is 0 Å². The molecule has 1 N–H and O–H groups in total. The number of aliphatic hydroxyl groups is 1. The van der Waals surface area contributed by atoms with Crippen molar-refractivity contribution in [3.05, 3.63) is 35.4 Å². The van der Waals surface area contributed by atoms with Gasteiger partial charge in [-0.2, -0.15) is 0 Å². The predicted octanol–water partition coefficient (Wildman–Crippen LogP) is 1.13. The number of hydrogen-bond donors (Lipinski definition) is 1. The molecule has 2 rings (SSSR count). The third-order valence-corrected chi connectivity index (χ3v) is 2.99. The summed E-state index contributed by atoms with van der Waals surface area (Å²) in [6.07, 6.45) is 0.814. The molecule has 0 spiro atoms. The zero-order valence-corrected chi connectivity index (χ0v) is 9.52. The van der Waals surface area contributed by atoms with Crippen molar-refractivity contribution < 1.29 is 9.90 Å². The minimum Gasteiger partial charge on any atom is -0.391 e. The van der Waals surface area contributed by atoms with Gasteiger partial charge in [-0.3, -0.25) is 4.79 Å².